The number of rotatable bonds is 3. The zero-order valence-corrected chi connectivity index (χ0v) is 5.92. The summed E-state index contributed by atoms with van der Waals surface area (Å²) in [6.45, 7) is 0.203. The van der Waals surface area contributed by atoms with Gasteiger partial charge >= 0.3 is 8.25 Å². The van der Waals surface area contributed by atoms with Gasteiger partial charge in [0.25, 0.3) is 0 Å². The fourth-order valence-corrected chi connectivity index (χ4v) is 0.553. The summed E-state index contributed by atoms with van der Waals surface area (Å²) in [5, 5.41) is 0. The molecule has 0 aliphatic rings. The van der Waals surface area contributed by atoms with Gasteiger partial charge in [-0.3, -0.25) is 14.0 Å². The summed E-state index contributed by atoms with van der Waals surface area (Å²) in [5.74, 6) is 0. The maximum absolute atomic E-state index is 9.84. The predicted octanol–water partition coefficient (Wildman–Crippen LogP) is -0.0959. The van der Waals surface area contributed by atoms with E-state index < -0.39 is 8.25 Å². The van der Waals surface area contributed by atoms with Crippen LogP contribution >= 0.6 is 8.25 Å². The molecule has 0 rings (SSSR count). The topological polar surface area (TPSA) is 49.8 Å². The molecule has 0 spiro atoms. The molecule has 0 heterocycles. The van der Waals surface area contributed by atoms with E-state index in [0.717, 1.165) is 0 Å². The second-order valence-corrected chi connectivity index (χ2v) is 2.44. The monoisotopic (exact) mass is 139 g/mol. The molecular weight excluding hydrogens is 129 g/mol. The fourth-order valence-electron chi connectivity index (χ4n) is 0.184. The Bertz CT molecular complexity index is 84.6. The van der Waals surface area contributed by atoms with Crippen LogP contribution < -0.4 is 0 Å². The molecule has 0 aromatic rings. The van der Waals surface area contributed by atoms with Crippen molar-refractivity contribution in [2.45, 2.75) is 0 Å². The molecule has 0 fully saturated rings. The standard InChI is InChI=1S/C3H10NO3P/c1-4(2)3-7-8(5)6/h8H,3H2,1-2H3,(H,5,6). The van der Waals surface area contributed by atoms with Gasteiger partial charge in [-0.2, -0.15) is 0 Å². The molecule has 4 nitrogen and oxygen atoms in total. The second kappa shape index (κ2) is 4.04. The first-order chi connectivity index (χ1) is 3.63. The molecule has 1 N–H and O–H groups in total. The number of hydrogen-bond donors (Lipinski definition) is 1. The summed E-state index contributed by atoms with van der Waals surface area (Å²) >= 11 is 0. The van der Waals surface area contributed by atoms with Gasteiger partial charge in [-0.1, -0.05) is 0 Å². The molecule has 1 atom stereocenters. The maximum Gasteiger partial charge on any atom is 0.317 e. The minimum absolute atomic E-state index is 0.203. The minimum atomic E-state index is -2.72. The van der Waals surface area contributed by atoms with E-state index in [1.165, 1.54) is 0 Å². The van der Waals surface area contributed by atoms with Gasteiger partial charge in [-0.05, 0) is 14.1 Å². The van der Waals surface area contributed by atoms with Gasteiger partial charge < -0.3 is 4.89 Å². The first-order valence-corrected chi connectivity index (χ1v) is 3.39. The van der Waals surface area contributed by atoms with E-state index in [2.05, 4.69) is 4.52 Å². The highest BCUT2D eigenvalue weighted by Crippen LogP contribution is 2.13. The summed E-state index contributed by atoms with van der Waals surface area (Å²) < 4.78 is 14.2. The molecule has 0 saturated carbocycles. The van der Waals surface area contributed by atoms with Crippen molar-refractivity contribution in [3.63, 3.8) is 0 Å². The highest BCUT2D eigenvalue weighted by Gasteiger charge is 1.91. The lowest BCUT2D eigenvalue weighted by atomic mass is 11.0. The summed E-state index contributed by atoms with van der Waals surface area (Å²) in [4.78, 5) is 9.76. The van der Waals surface area contributed by atoms with Gasteiger partial charge in [-0.25, -0.2) is 0 Å². The molecular formula is C3H10NO3P. The van der Waals surface area contributed by atoms with Gasteiger partial charge in [0.15, 0.2) is 0 Å². The lowest BCUT2D eigenvalue weighted by Crippen LogP contribution is -2.13. The van der Waals surface area contributed by atoms with Crippen LogP contribution in [0.4, 0.5) is 0 Å². The number of nitrogens with zero attached hydrogens (tertiary/aromatic N) is 1. The average Bonchev–Trinajstić information content (AvgIpc) is 1.61. The van der Waals surface area contributed by atoms with E-state index in [9.17, 15) is 4.57 Å². The van der Waals surface area contributed by atoms with Crippen molar-refractivity contribution in [2.75, 3.05) is 20.8 Å². The Morgan fingerprint density at radius 1 is 1.75 bits per heavy atom. The molecule has 0 aliphatic heterocycles. The third-order valence-electron chi connectivity index (χ3n) is 0.446. The van der Waals surface area contributed by atoms with Crippen LogP contribution in [0.1, 0.15) is 0 Å². The lowest BCUT2D eigenvalue weighted by Gasteiger charge is -2.06. The summed E-state index contributed by atoms with van der Waals surface area (Å²) in [5.41, 5.74) is 0. The van der Waals surface area contributed by atoms with E-state index in [1.54, 1.807) is 19.0 Å². The molecule has 0 bridgehead atoms. The van der Waals surface area contributed by atoms with E-state index in [4.69, 9.17) is 4.89 Å². The first kappa shape index (κ1) is 8.11. The van der Waals surface area contributed by atoms with Crippen molar-refractivity contribution in [3.05, 3.63) is 0 Å². The van der Waals surface area contributed by atoms with Gasteiger partial charge in [0.05, 0.1) is 0 Å². The van der Waals surface area contributed by atoms with Crippen molar-refractivity contribution in [2.24, 2.45) is 0 Å². The normalized spacial score (nSPS) is 14.5. The van der Waals surface area contributed by atoms with Crippen LogP contribution in [0.15, 0.2) is 0 Å². The largest absolute Gasteiger partial charge is 0.326 e. The van der Waals surface area contributed by atoms with Crippen LogP contribution in [-0.4, -0.2) is 30.6 Å². The Kier molecular flexibility index (Phi) is 4.09. The average molecular weight is 139 g/mol. The van der Waals surface area contributed by atoms with Gasteiger partial charge in [-0.15, -0.1) is 0 Å². The van der Waals surface area contributed by atoms with Gasteiger partial charge in [0.2, 0.25) is 0 Å². The summed E-state index contributed by atoms with van der Waals surface area (Å²) in [6, 6.07) is 0. The molecule has 50 valence electrons. The van der Waals surface area contributed by atoms with E-state index >= 15 is 0 Å². The highest BCUT2D eigenvalue weighted by atomic mass is 31.1. The van der Waals surface area contributed by atoms with Crippen LogP contribution in [0.25, 0.3) is 0 Å². The predicted molar refractivity (Wildman–Crippen MR) is 30.9 cm³/mol. The summed E-state index contributed by atoms with van der Waals surface area (Å²) in [7, 11) is 0.788. The molecule has 5 heteroatoms. The molecule has 0 saturated heterocycles. The van der Waals surface area contributed by atoms with Crippen molar-refractivity contribution >= 4 is 8.25 Å². The van der Waals surface area contributed by atoms with E-state index in [0.29, 0.717) is 0 Å². The molecule has 0 aromatic carbocycles. The maximum atomic E-state index is 9.84. The smallest absolute Gasteiger partial charge is 0.317 e. The molecule has 0 aromatic heterocycles. The Morgan fingerprint density at radius 3 is 2.38 bits per heavy atom. The molecule has 8 heavy (non-hydrogen) atoms. The third kappa shape index (κ3) is 6.11. The first-order valence-electron chi connectivity index (χ1n) is 2.13. The zero-order chi connectivity index (χ0) is 6.57. The van der Waals surface area contributed by atoms with Crippen LogP contribution in [-0.2, 0) is 9.09 Å². The molecule has 0 amide bonds. The molecule has 0 radical (unpaired) electrons. The van der Waals surface area contributed by atoms with Crippen molar-refractivity contribution in [3.8, 4) is 0 Å². The second-order valence-electron chi connectivity index (χ2n) is 1.62. The fraction of sp³-hybridized carbons (Fsp3) is 1.00. The molecule has 0 aliphatic carbocycles. The van der Waals surface area contributed by atoms with Crippen molar-refractivity contribution in [1.82, 2.24) is 4.90 Å². The lowest BCUT2D eigenvalue weighted by molar-refractivity contribution is 0.170. The van der Waals surface area contributed by atoms with Crippen LogP contribution in [0, 0.1) is 0 Å². The van der Waals surface area contributed by atoms with Gasteiger partial charge in [0, 0.05) is 0 Å². The number of hydrogen-bond acceptors (Lipinski definition) is 3. The third-order valence-corrected chi connectivity index (χ3v) is 0.822. The summed E-state index contributed by atoms with van der Waals surface area (Å²) in [6.07, 6.45) is 0. The van der Waals surface area contributed by atoms with Crippen molar-refractivity contribution in [1.29, 1.82) is 0 Å². The Hall–Kier alpha value is 0.110. The van der Waals surface area contributed by atoms with Crippen molar-refractivity contribution < 1.29 is 14.0 Å². The Balaban J connectivity index is 3.05. The van der Waals surface area contributed by atoms with E-state index in [-0.39, 0.29) is 6.73 Å². The Morgan fingerprint density at radius 2 is 2.25 bits per heavy atom. The van der Waals surface area contributed by atoms with Crippen LogP contribution in [0.5, 0.6) is 0 Å². The zero-order valence-electron chi connectivity index (χ0n) is 4.92. The SMILES string of the molecule is CN(C)CO[PH](=O)O. The minimum Gasteiger partial charge on any atom is -0.326 e. The Labute approximate surface area is 49.0 Å². The van der Waals surface area contributed by atoms with Gasteiger partial charge in [0.1, 0.15) is 6.73 Å². The van der Waals surface area contributed by atoms with Crippen LogP contribution in [0.3, 0.4) is 0 Å². The highest BCUT2D eigenvalue weighted by molar-refractivity contribution is 7.32. The van der Waals surface area contributed by atoms with E-state index in [1.807, 2.05) is 0 Å². The molecule has 1 unspecified atom stereocenters. The quantitative estimate of drug-likeness (QED) is 0.438. The van der Waals surface area contributed by atoms with Crippen LogP contribution in [0.2, 0.25) is 0 Å².